The van der Waals surface area contributed by atoms with E-state index < -0.39 is 0 Å². The molecule has 3 aromatic rings. The summed E-state index contributed by atoms with van der Waals surface area (Å²) in [6.45, 7) is 1.73. The molecule has 0 saturated heterocycles. The number of halogens is 1. The average Bonchev–Trinajstić information content (AvgIpc) is 2.92. The smallest absolute Gasteiger partial charge is 0.250 e. The van der Waals surface area contributed by atoms with Crippen LogP contribution in [-0.4, -0.2) is 15.7 Å². The number of imidazole rings is 1. The highest BCUT2D eigenvalue weighted by Gasteiger charge is 2.15. The van der Waals surface area contributed by atoms with Crippen LogP contribution in [0.2, 0.25) is 0 Å². The van der Waals surface area contributed by atoms with Crippen molar-refractivity contribution in [3.8, 4) is 11.6 Å². The second-order valence-electron chi connectivity index (χ2n) is 3.99. The minimum atomic E-state index is -0.328. The largest absolute Gasteiger partial charge is 0.437 e. The lowest BCUT2D eigenvalue weighted by Gasteiger charge is -2.06. The lowest BCUT2D eigenvalue weighted by atomic mass is 10.2. The second-order valence-corrected chi connectivity index (χ2v) is 4.86. The average molecular weight is 276 g/mol. The molecule has 0 atom stereocenters. The van der Waals surface area contributed by atoms with Gasteiger partial charge in [-0.3, -0.25) is 9.20 Å². The number of benzene rings is 1. The summed E-state index contributed by atoms with van der Waals surface area (Å²) < 4.78 is 20.3. The number of carbonyl (C=O) groups excluding carboxylic acids is 1. The molecule has 96 valence electrons. The molecule has 0 radical (unpaired) electrons. The molecule has 0 aliphatic rings. The molecule has 3 rings (SSSR count). The monoisotopic (exact) mass is 276 g/mol. The maximum Gasteiger partial charge on any atom is 0.250 e. The molecule has 0 unspecified atom stereocenters. The van der Waals surface area contributed by atoms with E-state index in [1.807, 2.05) is 5.38 Å². The highest BCUT2D eigenvalue weighted by molar-refractivity contribution is 7.15. The number of aldehydes is 1. The molecule has 19 heavy (non-hydrogen) atoms. The van der Waals surface area contributed by atoms with E-state index in [-0.39, 0.29) is 11.7 Å². The van der Waals surface area contributed by atoms with Gasteiger partial charge in [0.25, 0.3) is 0 Å². The van der Waals surface area contributed by atoms with Crippen LogP contribution in [0.4, 0.5) is 4.39 Å². The summed E-state index contributed by atoms with van der Waals surface area (Å²) in [6.07, 6.45) is 2.45. The first-order chi connectivity index (χ1) is 9.19. The molecule has 0 amide bonds. The van der Waals surface area contributed by atoms with E-state index in [2.05, 4.69) is 4.98 Å². The first kappa shape index (κ1) is 11.9. The van der Waals surface area contributed by atoms with Crippen LogP contribution >= 0.6 is 11.3 Å². The van der Waals surface area contributed by atoms with Crippen LogP contribution in [0.5, 0.6) is 11.6 Å². The zero-order valence-corrected chi connectivity index (χ0v) is 10.8. The summed E-state index contributed by atoms with van der Waals surface area (Å²) in [5, 5.41) is 1.84. The van der Waals surface area contributed by atoms with Crippen LogP contribution in [0, 0.1) is 12.7 Å². The maximum atomic E-state index is 13.0. The van der Waals surface area contributed by atoms with E-state index in [4.69, 9.17) is 4.74 Å². The topological polar surface area (TPSA) is 43.6 Å². The van der Waals surface area contributed by atoms with Crippen LogP contribution in [0.1, 0.15) is 16.1 Å². The summed E-state index contributed by atoms with van der Waals surface area (Å²) in [7, 11) is 0. The van der Waals surface area contributed by atoms with Gasteiger partial charge >= 0.3 is 0 Å². The van der Waals surface area contributed by atoms with Gasteiger partial charge in [-0.2, -0.15) is 4.98 Å². The Balaban J connectivity index is 2.05. The van der Waals surface area contributed by atoms with Gasteiger partial charge in [-0.1, -0.05) is 0 Å². The third kappa shape index (κ3) is 2.00. The molecule has 0 saturated carbocycles. The Bertz CT molecular complexity index is 763. The summed E-state index contributed by atoms with van der Waals surface area (Å²) in [6, 6.07) is 4.20. The van der Waals surface area contributed by atoms with E-state index in [0.29, 0.717) is 28.3 Å². The first-order valence-corrected chi connectivity index (χ1v) is 6.42. The quantitative estimate of drug-likeness (QED) is 0.688. The van der Waals surface area contributed by atoms with Gasteiger partial charge in [0.15, 0.2) is 16.9 Å². The molecule has 0 N–H and O–H groups in total. The van der Waals surface area contributed by atoms with Gasteiger partial charge in [-0.05, 0) is 30.7 Å². The molecule has 4 nitrogen and oxygen atoms in total. The van der Waals surface area contributed by atoms with Crippen LogP contribution in [0.25, 0.3) is 4.96 Å². The van der Waals surface area contributed by atoms with Crippen molar-refractivity contribution in [3.63, 3.8) is 0 Å². The number of aromatic nitrogens is 2. The summed E-state index contributed by atoms with van der Waals surface area (Å²) in [4.78, 5) is 16.0. The van der Waals surface area contributed by atoms with Gasteiger partial charge in [0.1, 0.15) is 11.6 Å². The number of hydrogen-bond acceptors (Lipinski definition) is 4. The Labute approximate surface area is 112 Å². The van der Waals surface area contributed by atoms with Crippen molar-refractivity contribution in [1.29, 1.82) is 0 Å². The van der Waals surface area contributed by atoms with Gasteiger partial charge in [0, 0.05) is 11.6 Å². The zero-order chi connectivity index (χ0) is 13.4. The van der Waals surface area contributed by atoms with Crippen molar-refractivity contribution >= 4 is 22.6 Å². The minimum absolute atomic E-state index is 0.233. The van der Waals surface area contributed by atoms with Crippen LogP contribution < -0.4 is 4.74 Å². The van der Waals surface area contributed by atoms with Crippen molar-refractivity contribution < 1.29 is 13.9 Å². The molecule has 2 heterocycles. The molecule has 1 aromatic carbocycles. The fourth-order valence-corrected chi connectivity index (χ4v) is 2.51. The predicted molar refractivity (Wildman–Crippen MR) is 69.7 cm³/mol. The minimum Gasteiger partial charge on any atom is -0.437 e. The standard InChI is InChI=1S/C13H9FN2O2S/c1-8-6-9(14)2-3-11(8)18-12-10(7-17)16-4-5-19-13(16)15-12/h2-7H,1H3. The number of aryl methyl sites for hydroxylation is 1. The van der Waals surface area contributed by atoms with Crippen molar-refractivity contribution in [2.24, 2.45) is 0 Å². The first-order valence-electron chi connectivity index (χ1n) is 5.54. The van der Waals surface area contributed by atoms with E-state index in [1.54, 1.807) is 17.5 Å². The highest BCUT2D eigenvalue weighted by atomic mass is 32.1. The molecule has 0 spiro atoms. The third-order valence-corrected chi connectivity index (χ3v) is 3.48. The van der Waals surface area contributed by atoms with E-state index in [9.17, 15) is 9.18 Å². The zero-order valence-electron chi connectivity index (χ0n) is 9.96. The van der Waals surface area contributed by atoms with Crippen LogP contribution in [0.3, 0.4) is 0 Å². The molecule has 0 bridgehead atoms. The molecular formula is C13H9FN2O2S. The van der Waals surface area contributed by atoms with Gasteiger partial charge in [0.05, 0.1) is 0 Å². The van der Waals surface area contributed by atoms with Crippen molar-refractivity contribution in [3.05, 3.63) is 46.9 Å². The molecule has 0 aliphatic carbocycles. The molecule has 0 fully saturated rings. The number of rotatable bonds is 3. The van der Waals surface area contributed by atoms with E-state index in [0.717, 1.165) is 0 Å². The van der Waals surface area contributed by atoms with Crippen molar-refractivity contribution in [2.45, 2.75) is 6.92 Å². The van der Waals surface area contributed by atoms with E-state index in [1.165, 1.54) is 29.5 Å². The maximum absolute atomic E-state index is 13.0. The summed E-state index contributed by atoms with van der Waals surface area (Å²) in [5.41, 5.74) is 0.994. The molecule has 0 aliphatic heterocycles. The molecule has 2 aromatic heterocycles. The highest BCUT2D eigenvalue weighted by Crippen LogP contribution is 2.29. The lowest BCUT2D eigenvalue weighted by molar-refractivity contribution is 0.111. The van der Waals surface area contributed by atoms with Crippen molar-refractivity contribution in [1.82, 2.24) is 9.38 Å². The summed E-state index contributed by atoms with van der Waals surface area (Å²) >= 11 is 1.41. The number of hydrogen-bond donors (Lipinski definition) is 0. The Morgan fingerprint density at radius 2 is 2.32 bits per heavy atom. The number of carbonyl (C=O) groups is 1. The van der Waals surface area contributed by atoms with Gasteiger partial charge in [-0.25, -0.2) is 4.39 Å². The summed E-state index contributed by atoms with van der Waals surface area (Å²) in [5.74, 6) is 0.387. The predicted octanol–water partition coefficient (Wildman–Crippen LogP) is 3.45. The number of fused-ring (bicyclic) bond motifs is 1. The van der Waals surface area contributed by atoms with Gasteiger partial charge in [0.2, 0.25) is 5.88 Å². The molecule has 6 heteroatoms. The van der Waals surface area contributed by atoms with Crippen LogP contribution in [0.15, 0.2) is 29.8 Å². The number of ether oxygens (including phenoxy) is 1. The third-order valence-electron chi connectivity index (χ3n) is 2.72. The SMILES string of the molecule is Cc1cc(F)ccc1Oc1nc2sccn2c1C=O. The van der Waals surface area contributed by atoms with E-state index >= 15 is 0 Å². The Kier molecular flexibility index (Phi) is 2.79. The lowest BCUT2D eigenvalue weighted by Crippen LogP contribution is -1.93. The van der Waals surface area contributed by atoms with Crippen molar-refractivity contribution in [2.75, 3.05) is 0 Å². The Hall–Kier alpha value is -2.21. The van der Waals surface area contributed by atoms with Crippen LogP contribution in [-0.2, 0) is 0 Å². The second kappa shape index (κ2) is 4.47. The number of nitrogens with zero attached hydrogens (tertiary/aromatic N) is 2. The molecular weight excluding hydrogens is 267 g/mol. The Morgan fingerprint density at radius 1 is 1.47 bits per heavy atom. The Morgan fingerprint density at radius 3 is 3.05 bits per heavy atom. The van der Waals surface area contributed by atoms with Gasteiger partial charge < -0.3 is 4.74 Å². The number of thiazole rings is 1. The van der Waals surface area contributed by atoms with Gasteiger partial charge in [-0.15, -0.1) is 11.3 Å². The fraction of sp³-hybridized carbons (Fsp3) is 0.0769. The fourth-order valence-electron chi connectivity index (χ4n) is 1.80. The normalized spacial score (nSPS) is 10.8.